The Kier molecular flexibility index (Phi) is 5.35. The highest BCUT2D eigenvalue weighted by molar-refractivity contribution is 5.94. The molecule has 0 heterocycles. The van der Waals surface area contributed by atoms with E-state index in [1.54, 1.807) is 0 Å². The summed E-state index contributed by atoms with van der Waals surface area (Å²) in [5.41, 5.74) is 7.67. The third-order valence-electron chi connectivity index (χ3n) is 3.84. The van der Waals surface area contributed by atoms with Crippen LogP contribution in [0.3, 0.4) is 0 Å². The molecule has 0 unspecified atom stereocenters. The standard InChI is InChI=1S/C15H24N2O/c1-4-15(5-2,10-16)11-17-14(18)13-8-6-7-12(3)9-13/h6-9H,4-5,10-11,16H2,1-3H3,(H,17,18). The number of amides is 1. The Labute approximate surface area is 110 Å². The zero-order valence-corrected chi connectivity index (χ0v) is 11.6. The second kappa shape index (κ2) is 6.55. The molecule has 100 valence electrons. The van der Waals surface area contributed by atoms with Gasteiger partial charge in [0, 0.05) is 12.1 Å². The quantitative estimate of drug-likeness (QED) is 0.812. The highest BCUT2D eigenvalue weighted by Crippen LogP contribution is 2.23. The summed E-state index contributed by atoms with van der Waals surface area (Å²) in [7, 11) is 0. The Hall–Kier alpha value is -1.35. The van der Waals surface area contributed by atoms with Crippen LogP contribution >= 0.6 is 0 Å². The average Bonchev–Trinajstić information content (AvgIpc) is 2.40. The first-order valence-electron chi connectivity index (χ1n) is 6.62. The van der Waals surface area contributed by atoms with Crippen LogP contribution in [0.15, 0.2) is 24.3 Å². The first-order chi connectivity index (χ1) is 8.56. The minimum absolute atomic E-state index is 0.0153. The van der Waals surface area contributed by atoms with Gasteiger partial charge in [-0.25, -0.2) is 0 Å². The van der Waals surface area contributed by atoms with E-state index in [-0.39, 0.29) is 11.3 Å². The van der Waals surface area contributed by atoms with Crippen LogP contribution in [0.2, 0.25) is 0 Å². The summed E-state index contributed by atoms with van der Waals surface area (Å²) in [6.07, 6.45) is 1.96. The number of nitrogens with one attached hydrogen (secondary N) is 1. The van der Waals surface area contributed by atoms with E-state index in [1.165, 1.54) is 0 Å². The van der Waals surface area contributed by atoms with Gasteiger partial charge < -0.3 is 11.1 Å². The summed E-state index contributed by atoms with van der Waals surface area (Å²) in [5.74, 6) is -0.0153. The molecule has 0 aliphatic heterocycles. The molecule has 3 nitrogen and oxygen atoms in total. The van der Waals surface area contributed by atoms with Gasteiger partial charge in [0.2, 0.25) is 0 Å². The van der Waals surface area contributed by atoms with Gasteiger partial charge in [0.15, 0.2) is 0 Å². The Morgan fingerprint density at radius 3 is 2.50 bits per heavy atom. The van der Waals surface area contributed by atoms with Gasteiger partial charge in [-0.2, -0.15) is 0 Å². The first kappa shape index (κ1) is 14.7. The maximum absolute atomic E-state index is 12.0. The molecule has 0 bridgehead atoms. The summed E-state index contributed by atoms with van der Waals surface area (Å²) in [4.78, 5) is 12.0. The fourth-order valence-electron chi connectivity index (χ4n) is 2.02. The van der Waals surface area contributed by atoms with Crippen molar-refractivity contribution in [1.29, 1.82) is 0 Å². The van der Waals surface area contributed by atoms with E-state index in [9.17, 15) is 4.79 Å². The Balaban J connectivity index is 2.66. The maximum atomic E-state index is 12.0. The van der Waals surface area contributed by atoms with Crippen LogP contribution in [0.5, 0.6) is 0 Å². The van der Waals surface area contributed by atoms with E-state index in [4.69, 9.17) is 5.73 Å². The van der Waals surface area contributed by atoms with Crippen LogP contribution in [-0.2, 0) is 0 Å². The number of carbonyl (C=O) groups excluding carboxylic acids is 1. The summed E-state index contributed by atoms with van der Waals surface area (Å²) in [6, 6.07) is 7.63. The molecule has 0 saturated carbocycles. The molecular weight excluding hydrogens is 224 g/mol. The predicted octanol–water partition coefficient (Wildman–Crippen LogP) is 2.49. The van der Waals surface area contributed by atoms with Gasteiger partial charge in [-0.3, -0.25) is 4.79 Å². The van der Waals surface area contributed by atoms with Gasteiger partial charge in [-0.15, -0.1) is 0 Å². The van der Waals surface area contributed by atoms with Crippen LogP contribution in [0, 0.1) is 12.3 Å². The molecule has 1 aromatic rings. The molecule has 18 heavy (non-hydrogen) atoms. The second-order valence-electron chi connectivity index (χ2n) is 4.96. The Bertz CT molecular complexity index is 389. The van der Waals surface area contributed by atoms with Crippen molar-refractivity contribution >= 4 is 5.91 Å². The van der Waals surface area contributed by atoms with E-state index in [0.717, 1.165) is 18.4 Å². The van der Waals surface area contributed by atoms with Gasteiger partial charge in [-0.05, 0) is 43.9 Å². The Morgan fingerprint density at radius 2 is 2.00 bits per heavy atom. The molecule has 3 heteroatoms. The molecule has 0 aliphatic carbocycles. The lowest BCUT2D eigenvalue weighted by molar-refractivity contribution is 0.0928. The number of aryl methyl sites for hydroxylation is 1. The molecule has 0 aromatic heterocycles. The zero-order valence-electron chi connectivity index (χ0n) is 11.6. The van der Waals surface area contributed by atoms with Crippen LogP contribution in [0.25, 0.3) is 0 Å². The zero-order chi connectivity index (χ0) is 13.6. The summed E-state index contributed by atoms with van der Waals surface area (Å²) < 4.78 is 0. The molecule has 1 rings (SSSR count). The van der Waals surface area contributed by atoms with Gasteiger partial charge in [0.25, 0.3) is 5.91 Å². The van der Waals surface area contributed by atoms with Crippen LogP contribution in [-0.4, -0.2) is 19.0 Å². The third kappa shape index (κ3) is 3.57. The van der Waals surface area contributed by atoms with Crippen molar-refractivity contribution in [2.45, 2.75) is 33.6 Å². The number of benzene rings is 1. The van der Waals surface area contributed by atoms with Crippen molar-refractivity contribution in [1.82, 2.24) is 5.32 Å². The minimum Gasteiger partial charge on any atom is -0.351 e. The summed E-state index contributed by atoms with van der Waals surface area (Å²) in [6.45, 7) is 7.47. The molecule has 3 N–H and O–H groups in total. The fraction of sp³-hybridized carbons (Fsp3) is 0.533. The van der Waals surface area contributed by atoms with Crippen molar-refractivity contribution in [2.75, 3.05) is 13.1 Å². The SMILES string of the molecule is CCC(CC)(CN)CNC(=O)c1cccc(C)c1. The first-order valence-corrected chi connectivity index (χ1v) is 6.62. The van der Waals surface area contributed by atoms with E-state index < -0.39 is 0 Å². The molecular formula is C15H24N2O. The van der Waals surface area contributed by atoms with Crippen molar-refractivity contribution in [2.24, 2.45) is 11.1 Å². The molecule has 0 atom stereocenters. The van der Waals surface area contributed by atoms with Gasteiger partial charge in [0.05, 0.1) is 0 Å². The minimum atomic E-state index is -0.0153. The third-order valence-corrected chi connectivity index (χ3v) is 3.84. The molecule has 0 spiro atoms. The largest absolute Gasteiger partial charge is 0.351 e. The van der Waals surface area contributed by atoms with Crippen molar-refractivity contribution < 1.29 is 4.79 Å². The topological polar surface area (TPSA) is 55.1 Å². The number of nitrogens with two attached hydrogens (primary N) is 1. The number of rotatable bonds is 6. The number of hydrogen-bond acceptors (Lipinski definition) is 2. The lowest BCUT2D eigenvalue weighted by Gasteiger charge is -2.30. The second-order valence-corrected chi connectivity index (χ2v) is 4.96. The summed E-state index contributed by atoms with van der Waals surface area (Å²) in [5, 5.41) is 3.00. The normalized spacial score (nSPS) is 11.3. The van der Waals surface area contributed by atoms with Crippen LogP contribution in [0.4, 0.5) is 0 Å². The smallest absolute Gasteiger partial charge is 0.251 e. The lowest BCUT2D eigenvalue weighted by atomic mass is 9.82. The van der Waals surface area contributed by atoms with Gasteiger partial charge in [-0.1, -0.05) is 31.5 Å². The van der Waals surface area contributed by atoms with Gasteiger partial charge >= 0.3 is 0 Å². The fourth-order valence-corrected chi connectivity index (χ4v) is 2.02. The van der Waals surface area contributed by atoms with Crippen LogP contribution < -0.4 is 11.1 Å². The number of carbonyl (C=O) groups is 1. The van der Waals surface area contributed by atoms with E-state index in [0.29, 0.717) is 18.7 Å². The molecule has 0 saturated heterocycles. The highest BCUT2D eigenvalue weighted by atomic mass is 16.1. The highest BCUT2D eigenvalue weighted by Gasteiger charge is 2.25. The van der Waals surface area contributed by atoms with E-state index in [1.807, 2.05) is 31.2 Å². The lowest BCUT2D eigenvalue weighted by Crippen LogP contribution is -2.41. The maximum Gasteiger partial charge on any atom is 0.251 e. The Morgan fingerprint density at radius 1 is 1.33 bits per heavy atom. The predicted molar refractivity (Wildman–Crippen MR) is 75.6 cm³/mol. The molecule has 1 aromatic carbocycles. The van der Waals surface area contributed by atoms with Gasteiger partial charge in [0.1, 0.15) is 0 Å². The molecule has 0 fully saturated rings. The summed E-state index contributed by atoms with van der Waals surface area (Å²) >= 11 is 0. The van der Waals surface area contributed by atoms with Crippen molar-refractivity contribution in [3.63, 3.8) is 0 Å². The molecule has 0 aliphatic rings. The van der Waals surface area contributed by atoms with E-state index >= 15 is 0 Å². The van der Waals surface area contributed by atoms with E-state index in [2.05, 4.69) is 19.2 Å². The monoisotopic (exact) mass is 248 g/mol. The van der Waals surface area contributed by atoms with Crippen LogP contribution in [0.1, 0.15) is 42.6 Å². The van der Waals surface area contributed by atoms with Crippen molar-refractivity contribution in [3.8, 4) is 0 Å². The molecule has 1 amide bonds. The molecule has 0 radical (unpaired) electrons. The average molecular weight is 248 g/mol. The van der Waals surface area contributed by atoms with Crippen molar-refractivity contribution in [3.05, 3.63) is 35.4 Å². The number of hydrogen-bond donors (Lipinski definition) is 2.